The van der Waals surface area contributed by atoms with Gasteiger partial charge in [0.15, 0.2) is 0 Å². The number of allylic oxidation sites excluding steroid dienone is 3. The topological polar surface area (TPSA) is 74.0 Å². The van der Waals surface area contributed by atoms with Crippen molar-refractivity contribution in [2.45, 2.75) is 39.2 Å². The van der Waals surface area contributed by atoms with Crippen molar-refractivity contribution < 1.29 is 13.6 Å². The molecule has 1 atom stereocenters. The van der Waals surface area contributed by atoms with Crippen LogP contribution in [0.15, 0.2) is 77.9 Å². The van der Waals surface area contributed by atoms with Crippen LogP contribution in [0.2, 0.25) is 0 Å². The Balaban J connectivity index is 1.71. The lowest BCUT2D eigenvalue weighted by Crippen LogP contribution is -2.49. The Morgan fingerprint density at radius 3 is 2.61 bits per heavy atom. The molecule has 0 saturated carbocycles. The number of carbonyl (C=O) groups is 1. The van der Waals surface area contributed by atoms with Crippen LogP contribution in [0.1, 0.15) is 39.2 Å². The Morgan fingerprint density at radius 2 is 2.06 bits per heavy atom. The number of hydrogen-bond donors (Lipinski definition) is 1. The Kier molecular flexibility index (Phi) is 6.51. The fourth-order valence-electron chi connectivity index (χ4n) is 4.81. The quantitative estimate of drug-likeness (QED) is 0.431. The van der Waals surface area contributed by atoms with Crippen LogP contribution in [0.25, 0.3) is 16.7 Å². The third-order valence-corrected chi connectivity index (χ3v) is 6.27. The molecule has 1 aromatic heterocycles. The summed E-state index contributed by atoms with van der Waals surface area (Å²) in [5, 5.41) is 16.9. The molecular formula is C28H27F2N5O. The minimum absolute atomic E-state index is 0.204. The van der Waals surface area contributed by atoms with Crippen LogP contribution in [0.4, 0.5) is 8.78 Å². The molecule has 1 unspecified atom stereocenters. The second kappa shape index (κ2) is 9.42. The highest BCUT2D eigenvalue weighted by Gasteiger charge is 2.32. The molecule has 8 heteroatoms. The summed E-state index contributed by atoms with van der Waals surface area (Å²) < 4.78 is 30.2. The van der Waals surface area contributed by atoms with E-state index in [1.807, 2.05) is 26.8 Å². The molecular weight excluding hydrogens is 460 g/mol. The molecule has 1 amide bonds. The Labute approximate surface area is 209 Å². The van der Waals surface area contributed by atoms with Crippen molar-refractivity contribution in [3.63, 3.8) is 0 Å². The predicted octanol–water partition coefficient (Wildman–Crippen LogP) is 5.50. The summed E-state index contributed by atoms with van der Waals surface area (Å²) in [7, 11) is 1.60. The predicted molar refractivity (Wildman–Crippen MR) is 135 cm³/mol. The lowest BCUT2D eigenvalue weighted by Gasteiger charge is -2.36. The number of rotatable bonds is 6. The molecule has 0 radical (unpaired) electrons. The molecule has 6 nitrogen and oxygen atoms in total. The normalized spacial score (nSPS) is 19.7. The zero-order valence-electron chi connectivity index (χ0n) is 20.7. The second-order valence-corrected chi connectivity index (χ2v) is 9.31. The van der Waals surface area contributed by atoms with Gasteiger partial charge in [-0.25, -0.2) is 4.39 Å². The summed E-state index contributed by atoms with van der Waals surface area (Å²) in [5.41, 5.74) is 3.38. The molecule has 0 fully saturated rings. The molecule has 2 heterocycles. The first-order chi connectivity index (χ1) is 17.0. The number of nitrogens with one attached hydrogen (secondary N) is 1. The summed E-state index contributed by atoms with van der Waals surface area (Å²) in [4.78, 5) is 14.4. The van der Waals surface area contributed by atoms with Crippen LogP contribution in [-0.2, 0) is 11.8 Å². The first-order valence-corrected chi connectivity index (χ1v) is 11.6. The molecule has 0 bridgehead atoms. The van der Waals surface area contributed by atoms with Crippen LogP contribution < -0.4 is 5.32 Å². The van der Waals surface area contributed by atoms with Crippen LogP contribution in [-0.4, -0.2) is 26.1 Å². The molecule has 1 N–H and O–H groups in total. The van der Waals surface area contributed by atoms with E-state index < -0.39 is 11.8 Å². The van der Waals surface area contributed by atoms with E-state index in [-0.39, 0.29) is 22.7 Å². The van der Waals surface area contributed by atoms with Crippen molar-refractivity contribution in [3.8, 4) is 17.2 Å². The van der Waals surface area contributed by atoms with Gasteiger partial charge in [0, 0.05) is 30.7 Å². The van der Waals surface area contributed by atoms with Gasteiger partial charge in [0.2, 0.25) is 5.95 Å². The fraction of sp³-hybridized carbons (Fsp3) is 0.250. The SMILES string of the molecule is C=C1C=C(C(=O)NC2(C)C=C(C)C2)C=CN1/C(C#N)=C(\CC)c1cc(F)ccc1-c1cn(C)nc1F. The lowest BCUT2D eigenvalue weighted by molar-refractivity contribution is -0.118. The van der Waals surface area contributed by atoms with E-state index in [4.69, 9.17) is 0 Å². The van der Waals surface area contributed by atoms with Crippen molar-refractivity contribution in [1.29, 1.82) is 5.26 Å². The zero-order valence-corrected chi connectivity index (χ0v) is 20.7. The molecule has 2 aliphatic rings. The summed E-state index contributed by atoms with van der Waals surface area (Å²) >= 11 is 0. The molecule has 184 valence electrons. The van der Waals surface area contributed by atoms with Gasteiger partial charge in [0.05, 0.1) is 11.1 Å². The summed E-state index contributed by atoms with van der Waals surface area (Å²) in [6.07, 6.45) is 9.49. The minimum atomic E-state index is -0.689. The largest absolute Gasteiger partial charge is 0.343 e. The average Bonchev–Trinajstić information content (AvgIpc) is 3.14. The van der Waals surface area contributed by atoms with Gasteiger partial charge in [-0.3, -0.25) is 9.48 Å². The number of carbonyl (C=O) groups excluding carboxylic acids is 1. The molecule has 36 heavy (non-hydrogen) atoms. The summed E-state index contributed by atoms with van der Waals surface area (Å²) in [5.74, 6) is -1.44. The maximum Gasteiger partial charge on any atom is 0.252 e. The third kappa shape index (κ3) is 4.65. The van der Waals surface area contributed by atoms with E-state index in [1.165, 1.54) is 34.7 Å². The highest BCUT2D eigenvalue weighted by Crippen LogP contribution is 2.36. The fourth-order valence-corrected chi connectivity index (χ4v) is 4.81. The van der Waals surface area contributed by atoms with E-state index in [0.717, 1.165) is 6.42 Å². The maximum atomic E-state index is 14.5. The average molecular weight is 488 g/mol. The van der Waals surface area contributed by atoms with Gasteiger partial charge in [0.1, 0.15) is 17.6 Å². The van der Waals surface area contributed by atoms with Crippen molar-refractivity contribution in [2.24, 2.45) is 7.05 Å². The second-order valence-electron chi connectivity index (χ2n) is 9.31. The monoisotopic (exact) mass is 487 g/mol. The smallest absolute Gasteiger partial charge is 0.252 e. The number of amides is 1. The van der Waals surface area contributed by atoms with Gasteiger partial charge in [-0.2, -0.15) is 9.65 Å². The number of hydrogen-bond acceptors (Lipinski definition) is 4. The minimum Gasteiger partial charge on any atom is -0.343 e. The highest BCUT2D eigenvalue weighted by molar-refractivity contribution is 5.98. The molecule has 2 aromatic rings. The van der Waals surface area contributed by atoms with Crippen molar-refractivity contribution in [2.75, 3.05) is 0 Å². The first kappa shape index (κ1) is 24.9. The maximum absolute atomic E-state index is 14.5. The van der Waals surface area contributed by atoms with Crippen LogP contribution in [0, 0.1) is 23.1 Å². The number of aromatic nitrogens is 2. The van der Waals surface area contributed by atoms with Gasteiger partial charge in [-0.05, 0) is 67.7 Å². The number of nitriles is 1. The highest BCUT2D eigenvalue weighted by atomic mass is 19.1. The summed E-state index contributed by atoms with van der Waals surface area (Å²) in [6, 6.07) is 6.21. The Bertz CT molecular complexity index is 1440. The van der Waals surface area contributed by atoms with Gasteiger partial charge < -0.3 is 10.2 Å². The number of aryl methyl sites for hydroxylation is 1. The van der Waals surface area contributed by atoms with Crippen molar-refractivity contribution >= 4 is 11.5 Å². The van der Waals surface area contributed by atoms with E-state index in [9.17, 15) is 18.8 Å². The van der Waals surface area contributed by atoms with Crippen LogP contribution in [0.5, 0.6) is 0 Å². The third-order valence-electron chi connectivity index (χ3n) is 6.27. The van der Waals surface area contributed by atoms with E-state index in [0.29, 0.717) is 34.4 Å². The van der Waals surface area contributed by atoms with Crippen LogP contribution in [0.3, 0.4) is 0 Å². The van der Waals surface area contributed by atoms with E-state index >= 15 is 0 Å². The Morgan fingerprint density at radius 1 is 1.33 bits per heavy atom. The number of benzene rings is 1. The molecule has 0 spiro atoms. The van der Waals surface area contributed by atoms with E-state index in [1.54, 1.807) is 30.3 Å². The van der Waals surface area contributed by atoms with Crippen molar-refractivity contribution in [1.82, 2.24) is 20.0 Å². The van der Waals surface area contributed by atoms with E-state index in [2.05, 4.69) is 23.1 Å². The Hall–Kier alpha value is -4.25. The molecule has 1 aliphatic heterocycles. The van der Waals surface area contributed by atoms with Gasteiger partial charge in [-0.15, -0.1) is 5.10 Å². The first-order valence-electron chi connectivity index (χ1n) is 11.6. The zero-order chi connectivity index (χ0) is 26.2. The lowest BCUT2D eigenvalue weighted by atomic mass is 9.81. The molecule has 1 aromatic carbocycles. The van der Waals surface area contributed by atoms with Gasteiger partial charge in [-0.1, -0.05) is 31.2 Å². The molecule has 0 saturated heterocycles. The molecule has 4 rings (SSSR count). The molecule has 1 aliphatic carbocycles. The number of nitrogens with zero attached hydrogens (tertiary/aromatic N) is 4. The van der Waals surface area contributed by atoms with Crippen molar-refractivity contribution in [3.05, 3.63) is 95.3 Å². The van der Waals surface area contributed by atoms with Gasteiger partial charge in [0.25, 0.3) is 5.91 Å². The van der Waals surface area contributed by atoms with Gasteiger partial charge >= 0.3 is 0 Å². The van der Waals surface area contributed by atoms with Crippen LogP contribution >= 0.6 is 0 Å². The standard InChI is InChI=1S/C28H27F2N5O/c1-6-21(23-12-20(29)7-8-22(23)24-16-34(5)33-26(24)30)25(15-31)35-10-9-19(11-18(35)3)27(36)32-28(4)13-17(2)14-28/h7-13,16H,3,6,14H2,1-2,4-5H3,(H,32,36)/b25-21+. The number of halogens is 2. The summed E-state index contributed by atoms with van der Waals surface area (Å²) in [6.45, 7) is 9.84.